The Labute approximate surface area is 178 Å². The molecule has 2 aromatic rings. The van der Waals surface area contributed by atoms with Crippen molar-refractivity contribution < 1.29 is 23.2 Å². The number of hydrazone groups is 1. The quantitative estimate of drug-likeness (QED) is 0.767. The third kappa shape index (κ3) is 4.76. The van der Waals surface area contributed by atoms with Crippen molar-refractivity contribution in [2.75, 3.05) is 12.1 Å². The summed E-state index contributed by atoms with van der Waals surface area (Å²) < 4.78 is 26.9. The summed E-state index contributed by atoms with van der Waals surface area (Å²) in [5.74, 6) is -3.75. The van der Waals surface area contributed by atoms with Gasteiger partial charge in [0.05, 0.1) is 5.69 Å². The van der Waals surface area contributed by atoms with Crippen LogP contribution in [0.1, 0.15) is 35.6 Å². The number of carbonyl (C=O) groups excluding carboxylic acids is 3. The van der Waals surface area contributed by atoms with Crippen LogP contribution in [0.4, 0.5) is 14.5 Å². The molecular formula is C22H22F2N4O3. The van der Waals surface area contributed by atoms with Gasteiger partial charge in [-0.2, -0.15) is 5.10 Å². The molecule has 3 rings (SSSR count). The minimum atomic E-state index is -1.26. The lowest BCUT2D eigenvalue weighted by molar-refractivity contribution is -0.126. The van der Waals surface area contributed by atoms with Crippen molar-refractivity contribution >= 4 is 29.1 Å². The molecular weight excluding hydrogens is 406 g/mol. The molecule has 1 aliphatic rings. The molecule has 0 saturated carbocycles. The van der Waals surface area contributed by atoms with Crippen LogP contribution in [0.15, 0.2) is 41.5 Å². The normalized spacial score (nSPS) is 14.7. The number of rotatable bonds is 5. The van der Waals surface area contributed by atoms with E-state index in [1.54, 1.807) is 6.07 Å². The smallest absolute Gasteiger partial charge is 0.268 e. The first-order valence-electron chi connectivity index (χ1n) is 9.66. The number of nitrogens with one attached hydrogen (secondary N) is 2. The van der Waals surface area contributed by atoms with Crippen molar-refractivity contribution in [3.8, 4) is 0 Å². The highest BCUT2D eigenvalue weighted by molar-refractivity contribution is 6.40. The number of nitrogens with zero attached hydrogens (tertiary/aromatic N) is 2. The van der Waals surface area contributed by atoms with Crippen LogP contribution in [0.25, 0.3) is 0 Å². The zero-order valence-corrected chi connectivity index (χ0v) is 17.3. The largest absolute Gasteiger partial charge is 0.357 e. The monoisotopic (exact) mass is 428 g/mol. The lowest BCUT2D eigenvalue weighted by Gasteiger charge is -2.26. The Morgan fingerprint density at radius 1 is 1.06 bits per heavy atom. The van der Waals surface area contributed by atoms with Gasteiger partial charge in [0.15, 0.2) is 11.6 Å². The highest BCUT2D eigenvalue weighted by atomic mass is 19.2. The summed E-state index contributed by atoms with van der Waals surface area (Å²) in [5.41, 5.74) is 2.44. The standard InChI is InChI=1S/C22H22F2N4O3/c1-12-4-5-13(2)18(10-12)28-19(29)9-8-17(27-28)21(30)26-20(22(31)25-3)14-6-7-15(23)16(24)11-14/h4-7,10-11,20H,8-9H2,1-3H3,(H,25,31)(H,26,30). The first-order valence-corrected chi connectivity index (χ1v) is 9.66. The minimum Gasteiger partial charge on any atom is -0.357 e. The van der Waals surface area contributed by atoms with E-state index in [2.05, 4.69) is 15.7 Å². The van der Waals surface area contributed by atoms with E-state index < -0.39 is 29.5 Å². The Kier molecular flexibility index (Phi) is 6.43. The summed E-state index contributed by atoms with van der Waals surface area (Å²) in [7, 11) is 1.36. The number of carbonyl (C=O) groups is 3. The van der Waals surface area contributed by atoms with Gasteiger partial charge in [-0.1, -0.05) is 18.2 Å². The van der Waals surface area contributed by atoms with E-state index in [4.69, 9.17) is 0 Å². The fraction of sp³-hybridized carbons (Fsp3) is 0.273. The number of anilines is 1. The SMILES string of the molecule is CNC(=O)C(NC(=O)C1=NN(c2cc(C)ccc2C)C(=O)CC1)c1ccc(F)c(F)c1. The summed E-state index contributed by atoms with van der Waals surface area (Å²) in [6.07, 6.45) is 0.153. The Balaban J connectivity index is 1.90. The number of benzene rings is 2. The van der Waals surface area contributed by atoms with Crippen LogP contribution < -0.4 is 15.6 Å². The van der Waals surface area contributed by atoms with Gasteiger partial charge >= 0.3 is 0 Å². The molecule has 9 heteroatoms. The van der Waals surface area contributed by atoms with Crippen LogP contribution in [0.2, 0.25) is 0 Å². The van der Waals surface area contributed by atoms with Gasteiger partial charge in [-0.3, -0.25) is 14.4 Å². The fourth-order valence-electron chi connectivity index (χ4n) is 3.20. The Morgan fingerprint density at radius 2 is 1.81 bits per heavy atom. The second kappa shape index (κ2) is 9.03. The Bertz CT molecular complexity index is 1080. The molecule has 0 radical (unpaired) electrons. The van der Waals surface area contributed by atoms with Gasteiger partial charge in [-0.15, -0.1) is 0 Å². The van der Waals surface area contributed by atoms with Crippen LogP contribution in [-0.4, -0.2) is 30.5 Å². The third-order valence-electron chi connectivity index (χ3n) is 4.95. The third-order valence-corrected chi connectivity index (χ3v) is 4.95. The second-order valence-electron chi connectivity index (χ2n) is 7.24. The maximum Gasteiger partial charge on any atom is 0.268 e. The average Bonchev–Trinajstić information content (AvgIpc) is 2.75. The minimum absolute atomic E-state index is 0.0528. The highest BCUT2D eigenvalue weighted by Crippen LogP contribution is 2.26. The molecule has 0 aliphatic carbocycles. The zero-order chi connectivity index (χ0) is 22.7. The summed E-state index contributed by atoms with van der Waals surface area (Å²) >= 11 is 0. The molecule has 7 nitrogen and oxygen atoms in total. The van der Waals surface area contributed by atoms with Gasteiger partial charge in [-0.25, -0.2) is 13.8 Å². The van der Waals surface area contributed by atoms with Crippen LogP contribution in [0.5, 0.6) is 0 Å². The van der Waals surface area contributed by atoms with E-state index in [0.717, 1.165) is 23.3 Å². The molecule has 0 fully saturated rings. The molecule has 1 heterocycles. The van der Waals surface area contributed by atoms with Gasteiger partial charge in [0.1, 0.15) is 11.8 Å². The first-order chi connectivity index (χ1) is 14.7. The lowest BCUT2D eigenvalue weighted by atomic mass is 10.0. The Hall–Kier alpha value is -3.62. The number of likely N-dealkylation sites (N-methyl/N-ethyl adjacent to an activating group) is 1. The van der Waals surface area contributed by atoms with Crippen molar-refractivity contribution in [3.05, 3.63) is 64.7 Å². The van der Waals surface area contributed by atoms with Crippen molar-refractivity contribution in [3.63, 3.8) is 0 Å². The molecule has 162 valence electrons. The van der Waals surface area contributed by atoms with E-state index in [-0.39, 0.29) is 30.0 Å². The van der Waals surface area contributed by atoms with Gasteiger partial charge in [-0.05, 0) is 48.7 Å². The molecule has 3 amide bonds. The topological polar surface area (TPSA) is 90.9 Å². The van der Waals surface area contributed by atoms with Crippen molar-refractivity contribution in [2.45, 2.75) is 32.7 Å². The maximum absolute atomic E-state index is 13.7. The Morgan fingerprint density at radius 3 is 2.48 bits per heavy atom. The molecule has 0 saturated heterocycles. The second-order valence-corrected chi connectivity index (χ2v) is 7.24. The predicted octanol–water partition coefficient (Wildman–Crippen LogP) is 2.67. The predicted molar refractivity (Wildman–Crippen MR) is 111 cm³/mol. The summed E-state index contributed by atoms with van der Waals surface area (Å²) in [4.78, 5) is 37.6. The van der Waals surface area contributed by atoms with Crippen LogP contribution in [0.3, 0.4) is 0 Å². The average molecular weight is 428 g/mol. The van der Waals surface area contributed by atoms with E-state index in [0.29, 0.717) is 5.69 Å². The molecule has 31 heavy (non-hydrogen) atoms. The van der Waals surface area contributed by atoms with Gasteiger partial charge in [0.2, 0.25) is 11.8 Å². The van der Waals surface area contributed by atoms with Gasteiger partial charge in [0.25, 0.3) is 5.91 Å². The lowest BCUT2D eigenvalue weighted by Crippen LogP contribution is -2.44. The van der Waals surface area contributed by atoms with E-state index in [1.807, 2.05) is 26.0 Å². The van der Waals surface area contributed by atoms with Crippen LogP contribution in [-0.2, 0) is 14.4 Å². The molecule has 0 spiro atoms. The first kappa shape index (κ1) is 22.1. The number of aryl methyl sites for hydroxylation is 2. The van der Waals surface area contributed by atoms with Crippen molar-refractivity contribution in [2.24, 2.45) is 5.10 Å². The number of halogens is 2. The van der Waals surface area contributed by atoms with Gasteiger partial charge in [0, 0.05) is 19.9 Å². The highest BCUT2D eigenvalue weighted by Gasteiger charge is 2.30. The van der Waals surface area contributed by atoms with Gasteiger partial charge < -0.3 is 10.6 Å². The molecule has 0 aromatic heterocycles. The summed E-state index contributed by atoms with van der Waals surface area (Å²) in [6.45, 7) is 3.71. The van der Waals surface area contributed by atoms with Crippen molar-refractivity contribution in [1.82, 2.24) is 10.6 Å². The molecule has 1 unspecified atom stereocenters. The maximum atomic E-state index is 13.7. The molecule has 1 atom stereocenters. The number of hydrogen-bond acceptors (Lipinski definition) is 4. The van der Waals surface area contributed by atoms with E-state index in [1.165, 1.54) is 18.1 Å². The van der Waals surface area contributed by atoms with Crippen molar-refractivity contribution in [1.29, 1.82) is 0 Å². The molecule has 1 aliphatic heterocycles. The molecule has 0 bridgehead atoms. The molecule has 2 N–H and O–H groups in total. The number of amides is 3. The zero-order valence-electron chi connectivity index (χ0n) is 17.3. The molecule has 2 aromatic carbocycles. The summed E-state index contributed by atoms with van der Waals surface area (Å²) in [6, 6.07) is 7.24. The van der Waals surface area contributed by atoms with E-state index in [9.17, 15) is 23.2 Å². The fourth-order valence-corrected chi connectivity index (χ4v) is 3.20. The van der Waals surface area contributed by atoms with E-state index >= 15 is 0 Å². The number of hydrogen-bond donors (Lipinski definition) is 2. The van der Waals surface area contributed by atoms with Crippen LogP contribution in [0, 0.1) is 25.5 Å². The summed E-state index contributed by atoms with van der Waals surface area (Å²) in [5, 5.41) is 10.3. The van der Waals surface area contributed by atoms with Crippen LogP contribution >= 0.6 is 0 Å².